The number of hydrogen-bond acceptors (Lipinski definition) is 3. The molecule has 0 radical (unpaired) electrons. The van der Waals surface area contributed by atoms with Crippen LogP contribution in [-0.4, -0.2) is 36.2 Å². The van der Waals surface area contributed by atoms with E-state index in [0.717, 1.165) is 25.9 Å². The van der Waals surface area contributed by atoms with Gasteiger partial charge in [-0.05, 0) is 31.9 Å². The first-order chi connectivity index (χ1) is 8.66. The zero-order chi connectivity index (χ0) is 13.0. The molecule has 1 fully saturated rings. The highest BCUT2D eigenvalue weighted by molar-refractivity contribution is 5.80. The van der Waals surface area contributed by atoms with Crippen LogP contribution in [0.1, 0.15) is 19.8 Å². The number of piperidine rings is 1. The fourth-order valence-corrected chi connectivity index (χ4v) is 2.24. The summed E-state index contributed by atoms with van der Waals surface area (Å²) in [4.78, 5) is 13.7. The van der Waals surface area contributed by atoms with Crippen molar-refractivity contribution in [2.24, 2.45) is 0 Å². The van der Waals surface area contributed by atoms with E-state index in [1.165, 1.54) is 12.6 Å². The quantitative estimate of drug-likeness (QED) is 0.844. The van der Waals surface area contributed by atoms with Crippen LogP contribution in [0.4, 0.5) is 5.69 Å². The van der Waals surface area contributed by atoms with Gasteiger partial charge in [-0.25, -0.2) is 0 Å². The Hall–Kier alpha value is -1.55. The van der Waals surface area contributed by atoms with E-state index in [1.807, 2.05) is 18.2 Å². The fraction of sp³-hybridized carbons (Fsp3) is 0.500. The lowest BCUT2D eigenvalue weighted by Gasteiger charge is -2.34. The largest absolute Gasteiger partial charge is 0.384 e. The highest BCUT2D eigenvalue weighted by Crippen LogP contribution is 2.19. The van der Waals surface area contributed by atoms with Crippen LogP contribution in [0, 0.1) is 0 Å². The van der Waals surface area contributed by atoms with Crippen LogP contribution < -0.4 is 10.2 Å². The predicted molar refractivity (Wildman–Crippen MR) is 71.5 cm³/mol. The number of aliphatic hydroxyl groups is 1. The number of nitrogens with one attached hydrogen (secondary N) is 1. The summed E-state index contributed by atoms with van der Waals surface area (Å²) in [5, 5.41) is 12.0. The average Bonchev–Trinajstić information content (AvgIpc) is 2.40. The van der Waals surface area contributed by atoms with E-state index in [0.29, 0.717) is 0 Å². The van der Waals surface area contributed by atoms with Gasteiger partial charge in [-0.2, -0.15) is 0 Å². The third-order valence-electron chi connectivity index (χ3n) is 3.34. The normalized spacial score (nSPS) is 18.4. The van der Waals surface area contributed by atoms with Gasteiger partial charge in [0.05, 0.1) is 0 Å². The lowest BCUT2D eigenvalue weighted by atomic mass is 10.0. The Morgan fingerprint density at radius 3 is 2.50 bits per heavy atom. The third-order valence-corrected chi connectivity index (χ3v) is 3.34. The number of aliphatic hydroxyl groups excluding tert-OH is 1. The van der Waals surface area contributed by atoms with Gasteiger partial charge < -0.3 is 15.3 Å². The molecule has 0 saturated carbocycles. The minimum atomic E-state index is -0.919. The topological polar surface area (TPSA) is 52.6 Å². The molecule has 1 amide bonds. The van der Waals surface area contributed by atoms with Crippen molar-refractivity contribution >= 4 is 11.6 Å². The SMILES string of the molecule is CC(O)C(=O)NC1CCN(c2ccccc2)CC1. The van der Waals surface area contributed by atoms with Crippen molar-refractivity contribution in [3.8, 4) is 0 Å². The van der Waals surface area contributed by atoms with E-state index < -0.39 is 6.10 Å². The molecule has 0 bridgehead atoms. The number of rotatable bonds is 3. The molecule has 2 N–H and O–H groups in total. The van der Waals surface area contributed by atoms with Crippen molar-refractivity contribution in [1.29, 1.82) is 0 Å². The van der Waals surface area contributed by atoms with Gasteiger partial charge in [0.15, 0.2) is 0 Å². The van der Waals surface area contributed by atoms with Crippen LogP contribution in [0.3, 0.4) is 0 Å². The molecule has 98 valence electrons. The Bertz CT molecular complexity index is 384. The summed E-state index contributed by atoms with van der Waals surface area (Å²) in [6.45, 7) is 3.37. The number of hydrogen-bond donors (Lipinski definition) is 2. The van der Waals surface area contributed by atoms with Gasteiger partial charge in [0.2, 0.25) is 5.91 Å². The Morgan fingerprint density at radius 2 is 1.94 bits per heavy atom. The predicted octanol–water partition coefficient (Wildman–Crippen LogP) is 1.15. The summed E-state index contributed by atoms with van der Waals surface area (Å²) < 4.78 is 0. The van der Waals surface area contributed by atoms with Gasteiger partial charge in [-0.3, -0.25) is 4.79 Å². The lowest BCUT2D eigenvalue weighted by Crippen LogP contribution is -2.47. The summed E-state index contributed by atoms with van der Waals surface area (Å²) in [6.07, 6.45) is 0.929. The van der Waals surface area contributed by atoms with Crippen LogP contribution >= 0.6 is 0 Å². The molecule has 0 aliphatic carbocycles. The van der Waals surface area contributed by atoms with E-state index in [-0.39, 0.29) is 11.9 Å². The van der Waals surface area contributed by atoms with E-state index in [9.17, 15) is 4.79 Å². The Balaban J connectivity index is 1.83. The number of anilines is 1. The number of carbonyl (C=O) groups is 1. The van der Waals surface area contributed by atoms with E-state index in [2.05, 4.69) is 22.3 Å². The molecule has 1 aromatic rings. The van der Waals surface area contributed by atoms with Crippen LogP contribution in [0.5, 0.6) is 0 Å². The van der Waals surface area contributed by atoms with E-state index in [1.54, 1.807) is 0 Å². The van der Waals surface area contributed by atoms with Crippen LogP contribution in [0.25, 0.3) is 0 Å². The molecule has 1 saturated heterocycles. The number of amides is 1. The van der Waals surface area contributed by atoms with Gasteiger partial charge in [-0.15, -0.1) is 0 Å². The summed E-state index contributed by atoms with van der Waals surface area (Å²) in [6, 6.07) is 10.5. The summed E-state index contributed by atoms with van der Waals surface area (Å²) in [5.74, 6) is -0.270. The van der Waals surface area contributed by atoms with Crippen molar-refractivity contribution in [1.82, 2.24) is 5.32 Å². The minimum Gasteiger partial charge on any atom is -0.384 e. The number of benzene rings is 1. The first-order valence-corrected chi connectivity index (χ1v) is 6.45. The molecule has 4 nitrogen and oxygen atoms in total. The smallest absolute Gasteiger partial charge is 0.248 e. The van der Waals surface area contributed by atoms with Gasteiger partial charge in [0.25, 0.3) is 0 Å². The molecule has 0 aromatic heterocycles. The zero-order valence-corrected chi connectivity index (χ0v) is 10.7. The molecule has 2 rings (SSSR count). The van der Waals surface area contributed by atoms with Crippen LogP contribution in [0.15, 0.2) is 30.3 Å². The monoisotopic (exact) mass is 248 g/mol. The zero-order valence-electron chi connectivity index (χ0n) is 10.7. The maximum Gasteiger partial charge on any atom is 0.248 e. The second-order valence-electron chi connectivity index (χ2n) is 4.78. The standard InChI is InChI=1S/C14H20N2O2/c1-11(17)14(18)15-12-7-9-16(10-8-12)13-5-3-2-4-6-13/h2-6,11-12,17H,7-10H2,1H3,(H,15,18). The first-order valence-electron chi connectivity index (χ1n) is 6.45. The second kappa shape index (κ2) is 5.87. The average molecular weight is 248 g/mol. The second-order valence-corrected chi connectivity index (χ2v) is 4.78. The fourth-order valence-electron chi connectivity index (χ4n) is 2.24. The van der Waals surface area contributed by atoms with E-state index >= 15 is 0 Å². The highest BCUT2D eigenvalue weighted by atomic mass is 16.3. The van der Waals surface area contributed by atoms with Crippen LogP contribution in [0.2, 0.25) is 0 Å². The summed E-state index contributed by atoms with van der Waals surface area (Å²) >= 11 is 0. The van der Waals surface area contributed by atoms with Crippen molar-refractivity contribution in [2.75, 3.05) is 18.0 Å². The van der Waals surface area contributed by atoms with Gasteiger partial charge >= 0.3 is 0 Å². The molecule has 18 heavy (non-hydrogen) atoms. The molecule has 1 heterocycles. The molecule has 1 aromatic carbocycles. The highest BCUT2D eigenvalue weighted by Gasteiger charge is 2.21. The lowest BCUT2D eigenvalue weighted by molar-refractivity contribution is -0.129. The number of nitrogens with zero attached hydrogens (tertiary/aromatic N) is 1. The molecule has 1 aliphatic heterocycles. The number of para-hydroxylation sites is 1. The maximum atomic E-state index is 11.4. The molecular weight excluding hydrogens is 228 g/mol. The molecule has 1 aliphatic rings. The van der Waals surface area contributed by atoms with Crippen molar-refractivity contribution < 1.29 is 9.90 Å². The Kier molecular flexibility index (Phi) is 4.20. The maximum absolute atomic E-state index is 11.4. The summed E-state index contributed by atoms with van der Waals surface area (Å²) in [5.41, 5.74) is 1.23. The molecule has 1 unspecified atom stereocenters. The third kappa shape index (κ3) is 3.23. The first kappa shape index (κ1) is 12.9. The molecular formula is C14H20N2O2. The molecule has 4 heteroatoms. The minimum absolute atomic E-state index is 0.187. The van der Waals surface area contributed by atoms with Gasteiger partial charge in [-0.1, -0.05) is 18.2 Å². The van der Waals surface area contributed by atoms with E-state index in [4.69, 9.17) is 5.11 Å². The Morgan fingerprint density at radius 1 is 1.33 bits per heavy atom. The number of carbonyl (C=O) groups excluding carboxylic acids is 1. The van der Waals surface area contributed by atoms with Crippen molar-refractivity contribution in [2.45, 2.75) is 31.9 Å². The Labute approximate surface area is 108 Å². The van der Waals surface area contributed by atoms with Gasteiger partial charge in [0.1, 0.15) is 6.10 Å². The summed E-state index contributed by atoms with van der Waals surface area (Å²) in [7, 11) is 0. The van der Waals surface area contributed by atoms with Crippen molar-refractivity contribution in [3.63, 3.8) is 0 Å². The van der Waals surface area contributed by atoms with Gasteiger partial charge in [0, 0.05) is 24.8 Å². The molecule has 1 atom stereocenters. The van der Waals surface area contributed by atoms with Crippen LogP contribution in [-0.2, 0) is 4.79 Å². The molecule has 0 spiro atoms. The van der Waals surface area contributed by atoms with Crippen molar-refractivity contribution in [3.05, 3.63) is 30.3 Å².